The van der Waals surface area contributed by atoms with Crippen LogP contribution in [0.3, 0.4) is 0 Å². The number of benzene rings is 4. The second-order valence-electron chi connectivity index (χ2n) is 8.85. The molecule has 1 unspecified atom stereocenters. The van der Waals surface area contributed by atoms with Crippen LogP contribution in [-0.4, -0.2) is 29.0 Å². The highest BCUT2D eigenvalue weighted by Crippen LogP contribution is 2.43. The summed E-state index contributed by atoms with van der Waals surface area (Å²) in [5.41, 5.74) is 2.11. The molecule has 1 amide bonds. The molecule has 190 valence electrons. The van der Waals surface area contributed by atoms with E-state index in [1.807, 2.05) is 37.3 Å². The number of phenols is 1. The van der Waals surface area contributed by atoms with E-state index in [-0.39, 0.29) is 17.1 Å². The number of hydrogen-bond acceptors (Lipinski definition) is 6. The molecule has 0 aromatic heterocycles. The minimum absolute atomic E-state index is 0.0406. The maximum Gasteiger partial charge on any atom is 0.300 e. The Morgan fingerprint density at radius 1 is 0.842 bits per heavy atom. The fourth-order valence-corrected chi connectivity index (χ4v) is 4.55. The van der Waals surface area contributed by atoms with E-state index in [1.54, 1.807) is 61.7 Å². The van der Waals surface area contributed by atoms with Crippen molar-refractivity contribution >= 4 is 23.1 Å². The average molecular weight is 508 g/mol. The second-order valence-corrected chi connectivity index (χ2v) is 8.85. The third-order valence-corrected chi connectivity index (χ3v) is 6.42. The fourth-order valence-electron chi connectivity index (χ4n) is 4.55. The van der Waals surface area contributed by atoms with Gasteiger partial charge in [0.15, 0.2) is 0 Å². The highest BCUT2D eigenvalue weighted by molar-refractivity contribution is 6.51. The number of rotatable bonds is 6. The zero-order chi connectivity index (χ0) is 26.8. The third-order valence-electron chi connectivity index (χ3n) is 6.42. The van der Waals surface area contributed by atoms with Crippen molar-refractivity contribution in [2.24, 2.45) is 0 Å². The van der Waals surface area contributed by atoms with Crippen LogP contribution in [-0.2, 0) is 9.59 Å². The van der Waals surface area contributed by atoms with Gasteiger partial charge in [-0.25, -0.2) is 0 Å². The number of nitrogens with zero attached hydrogens (tertiary/aromatic N) is 1. The first-order valence-electron chi connectivity index (χ1n) is 12.0. The lowest BCUT2D eigenvalue weighted by atomic mass is 9.94. The summed E-state index contributed by atoms with van der Waals surface area (Å²) in [4.78, 5) is 28.1. The maximum atomic E-state index is 13.4. The first-order chi connectivity index (χ1) is 18.4. The molecule has 1 atom stereocenters. The first-order valence-corrected chi connectivity index (χ1v) is 12.0. The van der Waals surface area contributed by atoms with Crippen LogP contribution in [0, 0.1) is 6.92 Å². The van der Waals surface area contributed by atoms with Crippen molar-refractivity contribution in [1.82, 2.24) is 0 Å². The van der Waals surface area contributed by atoms with Gasteiger partial charge in [-0.1, -0.05) is 30.3 Å². The van der Waals surface area contributed by atoms with E-state index in [9.17, 15) is 19.8 Å². The van der Waals surface area contributed by atoms with Crippen molar-refractivity contribution in [1.29, 1.82) is 0 Å². The molecule has 1 fully saturated rings. The molecule has 1 aliphatic heterocycles. The summed E-state index contributed by atoms with van der Waals surface area (Å²) in [7, 11) is 1.55. The summed E-state index contributed by atoms with van der Waals surface area (Å²) in [6, 6.07) is 26.4. The predicted octanol–water partition coefficient (Wildman–Crippen LogP) is 6.13. The highest BCUT2D eigenvalue weighted by atomic mass is 16.5. The predicted molar refractivity (Wildman–Crippen MR) is 144 cm³/mol. The van der Waals surface area contributed by atoms with Gasteiger partial charge >= 0.3 is 0 Å². The van der Waals surface area contributed by atoms with E-state index in [1.165, 1.54) is 17.0 Å². The molecule has 1 heterocycles. The van der Waals surface area contributed by atoms with Crippen LogP contribution >= 0.6 is 0 Å². The van der Waals surface area contributed by atoms with Crippen LogP contribution in [0.25, 0.3) is 5.76 Å². The van der Waals surface area contributed by atoms with Gasteiger partial charge in [0, 0.05) is 11.3 Å². The van der Waals surface area contributed by atoms with Gasteiger partial charge in [-0.2, -0.15) is 0 Å². The summed E-state index contributed by atoms with van der Waals surface area (Å²) < 4.78 is 11.2. The van der Waals surface area contributed by atoms with Gasteiger partial charge in [0.2, 0.25) is 0 Å². The van der Waals surface area contributed by atoms with Crippen molar-refractivity contribution in [3.05, 3.63) is 119 Å². The number of aliphatic hydroxyl groups is 1. The quantitative estimate of drug-likeness (QED) is 0.185. The summed E-state index contributed by atoms with van der Waals surface area (Å²) >= 11 is 0. The standard InChI is InChI=1S/C31H25NO6/c1-19-18-21(10-17-26(19)37-2)29(34)27-28(20-8-13-23(33)14-9-20)32(31(36)30(27)35)22-11-15-25(16-12-22)38-24-6-4-3-5-7-24/h3-18,28,33-34H,1-2H3/b29-27-. The van der Waals surface area contributed by atoms with Gasteiger partial charge in [-0.05, 0) is 84.8 Å². The number of ketones is 1. The number of anilines is 1. The maximum absolute atomic E-state index is 13.4. The molecule has 4 aromatic carbocycles. The Hall–Kier alpha value is -5.04. The fraction of sp³-hybridized carbons (Fsp3) is 0.0968. The number of ether oxygens (including phenoxy) is 2. The van der Waals surface area contributed by atoms with Gasteiger partial charge < -0.3 is 19.7 Å². The third kappa shape index (κ3) is 4.57. The van der Waals surface area contributed by atoms with Gasteiger partial charge in [0.1, 0.15) is 28.8 Å². The normalized spacial score (nSPS) is 16.5. The largest absolute Gasteiger partial charge is 0.508 e. The minimum Gasteiger partial charge on any atom is -0.508 e. The lowest BCUT2D eigenvalue weighted by Crippen LogP contribution is -2.29. The van der Waals surface area contributed by atoms with Crippen molar-refractivity contribution < 1.29 is 29.3 Å². The average Bonchev–Trinajstić information content (AvgIpc) is 3.19. The smallest absolute Gasteiger partial charge is 0.300 e. The number of Topliss-reactive ketones (excluding diaryl/α,β-unsaturated/α-hetero) is 1. The lowest BCUT2D eigenvalue weighted by Gasteiger charge is -2.25. The molecule has 38 heavy (non-hydrogen) atoms. The molecule has 7 nitrogen and oxygen atoms in total. The number of amides is 1. The number of aromatic hydroxyl groups is 1. The Bertz CT molecular complexity index is 1530. The Labute approximate surface area is 219 Å². The highest BCUT2D eigenvalue weighted by Gasteiger charge is 2.47. The Morgan fingerprint density at radius 3 is 2.13 bits per heavy atom. The summed E-state index contributed by atoms with van der Waals surface area (Å²) in [6.07, 6.45) is 0. The topological polar surface area (TPSA) is 96.3 Å². The molecule has 7 heteroatoms. The van der Waals surface area contributed by atoms with Crippen LogP contribution in [0.15, 0.2) is 103 Å². The molecule has 1 saturated heterocycles. The van der Waals surface area contributed by atoms with Crippen LogP contribution in [0.1, 0.15) is 22.7 Å². The van der Waals surface area contributed by atoms with Crippen molar-refractivity contribution in [3.63, 3.8) is 0 Å². The number of phenolic OH excluding ortho intramolecular Hbond substituents is 1. The zero-order valence-corrected chi connectivity index (χ0v) is 20.8. The number of carbonyl (C=O) groups excluding carboxylic acids is 2. The molecule has 4 aromatic rings. The number of methoxy groups -OCH3 is 1. The number of para-hydroxylation sites is 1. The Morgan fingerprint density at radius 2 is 1.50 bits per heavy atom. The molecular formula is C31H25NO6. The molecule has 2 N–H and O–H groups in total. The van der Waals surface area contributed by atoms with Crippen molar-refractivity contribution in [2.45, 2.75) is 13.0 Å². The van der Waals surface area contributed by atoms with E-state index < -0.39 is 17.7 Å². The first kappa shape index (κ1) is 24.6. The number of hydrogen-bond donors (Lipinski definition) is 2. The monoisotopic (exact) mass is 507 g/mol. The van der Waals surface area contributed by atoms with Crippen molar-refractivity contribution in [3.8, 4) is 23.0 Å². The lowest BCUT2D eigenvalue weighted by molar-refractivity contribution is -0.132. The summed E-state index contributed by atoms with van der Waals surface area (Å²) in [5.74, 6) is 0.0312. The minimum atomic E-state index is -0.918. The SMILES string of the molecule is COc1ccc(/C(O)=C2/C(=O)C(=O)N(c3ccc(Oc4ccccc4)cc3)C2c2ccc(O)cc2)cc1C. The molecule has 0 radical (unpaired) electrons. The van der Waals surface area contributed by atoms with Crippen LogP contribution < -0.4 is 14.4 Å². The molecular weight excluding hydrogens is 482 g/mol. The molecule has 0 saturated carbocycles. The Balaban J connectivity index is 1.59. The molecule has 0 aliphatic carbocycles. The van der Waals surface area contributed by atoms with E-state index in [0.717, 1.165) is 5.56 Å². The van der Waals surface area contributed by atoms with Crippen LogP contribution in [0.2, 0.25) is 0 Å². The van der Waals surface area contributed by atoms with E-state index in [2.05, 4.69) is 0 Å². The van der Waals surface area contributed by atoms with Gasteiger partial charge in [0.25, 0.3) is 11.7 Å². The van der Waals surface area contributed by atoms with E-state index in [4.69, 9.17) is 9.47 Å². The summed E-state index contributed by atoms with van der Waals surface area (Å²) in [5, 5.41) is 21.2. The molecule has 0 spiro atoms. The number of aliphatic hydroxyl groups excluding tert-OH is 1. The summed E-state index contributed by atoms with van der Waals surface area (Å²) in [6.45, 7) is 1.82. The van der Waals surface area contributed by atoms with Gasteiger partial charge in [-0.3, -0.25) is 14.5 Å². The van der Waals surface area contributed by atoms with Crippen molar-refractivity contribution in [2.75, 3.05) is 12.0 Å². The van der Waals surface area contributed by atoms with E-state index >= 15 is 0 Å². The molecule has 1 aliphatic rings. The molecule has 5 rings (SSSR count). The second kappa shape index (κ2) is 10.1. The number of aryl methyl sites for hydroxylation is 1. The van der Waals surface area contributed by atoms with Gasteiger partial charge in [-0.15, -0.1) is 0 Å². The Kier molecular flexibility index (Phi) is 6.58. The number of carbonyl (C=O) groups is 2. The van der Waals surface area contributed by atoms with Crippen LogP contribution in [0.5, 0.6) is 23.0 Å². The van der Waals surface area contributed by atoms with Crippen LogP contribution in [0.4, 0.5) is 5.69 Å². The zero-order valence-electron chi connectivity index (χ0n) is 20.8. The van der Waals surface area contributed by atoms with Gasteiger partial charge in [0.05, 0.1) is 18.7 Å². The molecule has 0 bridgehead atoms. The van der Waals surface area contributed by atoms with E-state index in [0.29, 0.717) is 34.1 Å².